The summed E-state index contributed by atoms with van der Waals surface area (Å²) in [6.45, 7) is 9.65. The molecule has 1 N–H and O–H groups in total. The number of esters is 1. The molecule has 1 aliphatic carbocycles. The van der Waals surface area contributed by atoms with Crippen molar-refractivity contribution in [1.29, 1.82) is 0 Å². The van der Waals surface area contributed by atoms with E-state index in [9.17, 15) is 4.79 Å². The molecule has 4 heteroatoms. The van der Waals surface area contributed by atoms with Crippen molar-refractivity contribution in [2.75, 3.05) is 26.2 Å². The van der Waals surface area contributed by atoms with Gasteiger partial charge in [-0.05, 0) is 65.5 Å². The Bertz CT molecular complexity index is 322. The lowest BCUT2D eigenvalue weighted by Crippen LogP contribution is -2.63. The number of hydrogen-bond donors (Lipinski definition) is 1. The summed E-state index contributed by atoms with van der Waals surface area (Å²) in [7, 11) is 0. The second-order valence-corrected chi connectivity index (χ2v) is 6.60. The summed E-state index contributed by atoms with van der Waals surface area (Å²) in [4.78, 5) is 15.1. The molecule has 4 nitrogen and oxygen atoms in total. The van der Waals surface area contributed by atoms with Crippen LogP contribution < -0.4 is 5.32 Å². The topological polar surface area (TPSA) is 41.6 Å². The van der Waals surface area contributed by atoms with Gasteiger partial charge in [0.05, 0.1) is 6.61 Å². The van der Waals surface area contributed by atoms with E-state index in [4.69, 9.17) is 4.74 Å². The third kappa shape index (κ3) is 3.73. The molecule has 0 aromatic rings. The molecular weight excluding hydrogens is 252 g/mol. The molecule has 1 heterocycles. The van der Waals surface area contributed by atoms with Crippen molar-refractivity contribution in [3.05, 3.63) is 0 Å². The van der Waals surface area contributed by atoms with Crippen LogP contribution in [0.15, 0.2) is 0 Å². The average Bonchev–Trinajstić information content (AvgIpc) is 3.23. The first-order valence-corrected chi connectivity index (χ1v) is 8.25. The maximum Gasteiger partial charge on any atom is 0.327 e. The highest BCUT2D eigenvalue weighted by atomic mass is 16.5. The molecule has 0 aromatic carbocycles. The van der Waals surface area contributed by atoms with E-state index in [1.54, 1.807) is 0 Å². The number of ether oxygens (including phenoxy) is 1. The molecule has 2 fully saturated rings. The van der Waals surface area contributed by atoms with Crippen LogP contribution in [-0.2, 0) is 9.53 Å². The van der Waals surface area contributed by atoms with Crippen LogP contribution in [-0.4, -0.2) is 48.7 Å². The van der Waals surface area contributed by atoms with Crippen molar-refractivity contribution in [3.8, 4) is 0 Å². The van der Waals surface area contributed by atoms with E-state index >= 15 is 0 Å². The van der Waals surface area contributed by atoms with Crippen LogP contribution in [0.3, 0.4) is 0 Å². The van der Waals surface area contributed by atoms with Gasteiger partial charge >= 0.3 is 5.97 Å². The highest BCUT2D eigenvalue weighted by molar-refractivity contribution is 5.82. The summed E-state index contributed by atoms with van der Waals surface area (Å²) in [6, 6.07) is 0.296. The molecule has 1 atom stereocenters. The number of carbonyl (C=O) groups excluding carboxylic acids is 1. The Morgan fingerprint density at radius 3 is 2.45 bits per heavy atom. The lowest BCUT2D eigenvalue weighted by molar-refractivity contribution is -0.154. The molecule has 20 heavy (non-hydrogen) atoms. The van der Waals surface area contributed by atoms with Crippen LogP contribution in [0.1, 0.15) is 52.9 Å². The van der Waals surface area contributed by atoms with Crippen molar-refractivity contribution in [1.82, 2.24) is 10.2 Å². The van der Waals surface area contributed by atoms with Gasteiger partial charge in [-0.15, -0.1) is 0 Å². The summed E-state index contributed by atoms with van der Waals surface area (Å²) in [6.07, 6.45) is 6.12. The Morgan fingerprint density at radius 2 is 1.95 bits per heavy atom. The van der Waals surface area contributed by atoms with Gasteiger partial charge in [-0.25, -0.2) is 4.79 Å². The molecule has 116 valence electrons. The smallest absolute Gasteiger partial charge is 0.327 e. The fraction of sp³-hybridized carbons (Fsp3) is 0.938. The van der Waals surface area contributed by atoms with Crippen molar-refractivity contribution >= 4 is 5.97 Å². The van der Waals surface area contributed by atoms with Gasteiger partial charge in [-0.2, -0.15) is 0 Å². The number of nitrogens with one attached hydrogen (secondary N) is 1. The Labute approximate surface area is 123 Å². The zero-order chi connectivity index (χ0) is 14.6. The van der Waals surface area contributed by atoms with Crippen LogP contribution in [0.5, 0.6) is 0 Å². The van der Waals surface area contributed by atoms with Gasteiger partial charge in [0.25, 0.3) is 0 Å². The van der Waals surface area contributed by atoms with Gasteiger partial charge in [-0.1, -0.05) is 6.42 Å². The van der Waals surface area contributed by atoms with Crippen molar-refractivity contribution < 1.29 is 9.53 Å². The number of hydrogen-bond acceptors (Lipinski definition) is 4. The third-order valence-electron chi connectivity index (χ3n) is 4.38. The van der Waals surface area contributed by atoms with Crippen molar-refractivity contribution in [3.63, 3.8) is 0 Å². The molecule has 0 bridgehead atoms. The molecular formula is C16H30N2O2. The fourth-order valence-corrected chi connectivity index (χ4v) is 3.40. The number of piperidine rings is 1. The molecule has 1 unspecified atom stereocenters. The minimum absolute atomic E-state index is 0.0400. The first kappa shape index (κ1) is 15.8. The first-order chi connectivity index (χ1) is 9.58. The van der Waals surface area contributed by atoms with Gasteiger partial charge in [-0.3, -0.25) is 5.32 Å². The summed E-state index contributed by atoms with van der Waals surface area (Å²) in [5.74, 6) is 0.410. The van der Waals surface area contributed by atoms with Crippen LogP contribution in [0.2, 0.25) is 0 Å². The minimum Gasteiger partial charge on any atom is -0.465 e. The Kier molecular flexibility index (Phi) is 5.44. The zero-order valence-corrected chi connectivity index (χ0v) is 13.3. The number of likely N-dealkylation sites (tertiary alicyclic amines) is 1. The van der Waals surface area contributed by atoms with Crippen LogP contribution >= 0.6 is 0 Å². The highest BCUT2D eigenvalue weighted by Gasteiger charge is 2.53. The van der Waals surface area contributed by atoms with Crippen LogP contribution in [0.25, 0.3) is 0 Å². The monoisotopic (exact) mass is 282 g/mol. The van der Waals surface area contributed by atoms with Gasteiger partial charge in [0.1, 0.15) is 5.54 Å². The predicted octanol–water partition coefficient (Wildman–Crippen LogP) is 2.18. The second kappa shape index (κ2) is 6.90. The lowest BCUT2D eigenvalue weighted by Gasteiger charge is -2.40. The highest BCUT2D eigenvalue weighted by Crippen LogP contribution is 2.41. The summed E-state index contributed by atoms with van der Waals surface area (Å²) < 4.78 is 5.42. The lowest BCUT2D eigenvalue weighted by atomic mass is 9.90. The number of carbonyl (C=O) groups is 1. The molecule has 2 rings (SSSR count). The standard InChI is InChI=1S/C16H30N2O2/c1-4-20-15(19)16(14-8-9-14,17-13(2)3)12-18-10-6-5-7-11-18/h13-14,17H,4-12H2,1-3H3. The van der Waals surface area contributed by atoms with E-state index in [1.807, 2.05) is 6.92 Å². The largest absolute Gasteiger partial charge is 0.465 e. The summed E-state index contributed by atoms with van der Waals surface area (Å²) in [5.41, 5.74) is -0.485. The molecule has 0 radical (unpaired) electrons. The van der Waals surface area contributed by atoms with E-state index in [2.05, 4.69) is 24.1 Å². The predicted molar refractivity (Wildman–Crippen MR) is 80.7 cm³/mol. The molecule has 1 saturated heterocycles. The fourth-order valence-electron chi connectivity index (χ4n) is 3.40. The maximum absolute atomic E-state index is 12.6. The van der Waals surface area contributed by atoms with Crippen LogP contribution in [0, 0.1) is 5.92 Å². The van der Waals surface area contributed by atoms with Gasteiger partial charge in [0, 0.05) is 12.6 Å². The van der Waals surface area contributed by atoms with E-state index in [0.29, 0.717) is 18.6 Å². The zero-order valence-electron chi connectivity index (χ0n) is 13.3. The van der Waals surface area contributed by atoms with E-state index in [-0.39, 0.29) is 5.97 Å². The molecule has 2 aliphatic rings. The Morgan fingerprint density at radius 1 is 1.30 bits per heavy atom. The Hall–Kier alpha value is -0.610. The van der Waals surface area contributed by atoms with E-state index in [0.717, 1.165) is 32.5 Å². The van der Waals surface area contributed by atoms with Crippen molar-refractivity contribution in [2.45, 2.75) is 64.5 Å². The SMILES string of the molecule is CCOC(=O)C(CN1CCCCC1)(NC(C)C)C1CC1. The maximum atomic E-state index is 12.6. The second-order valence-electron chi connectivity index (χ2n) is 6.60. The molecule has 0 amide bonds. The molecule has 0 aromatic heterocycles. The Balaban J connectivity index is 2.13. The van der Waals surface area contributed by atoms with Gasteiger partial charge in [0.2, 0.25) is 0 Å². The number of nitrogens with zero attached hydrogens (tertiary/aromatic N) is 1. The van der Waals surface area contributed by atoms with E-state index in [1.165, 1.54) is 19.3 Å². The summed E-state index contributed by atoms with van der Waals surface area (Å²) >= 11 is 0. The summed E-state index contributed by atoms with van der Waals surface area (Å²) in [5, 5.41) is 3.57. The third-order valence-corrected chi connectivity index (χ3v) is 4.38. The quantitative estimate of drug-likeness (QED) is 0.727. The van der Waals surface area contributed by atoms with E-state index < -0.39 is 5.54 Å². The molecule has 1 saturated carbocycles. The minimum atomic E-state index is -0.485. The number of rotatable bonds is 7. The van der Waals surface area contributed by atoms with Crippen LogP contribution in [0.4, 0.5) is 0 Å². The van der Waals surface area contributed by atoms with Gasteiger partial charge in [0.15, 0.2) is 0 Å². The average molecular weight is 282 g/mol. The first-order valence-electron chi connectivity index (χ1n) is 8.25. The van der Waals surface area contributed by atoms with Crippen molar-refractivity contribution in [2.24, 2.45) is 5.92 Å². The molecule has 0 spiro atoms. The normalized spacial score (nSPS) is 23.6. The van der Waals surface area contributed by atoms with Gasteiger partial charge < -0.3 is 9.64 Å². The molecule has 1 aliphatic heterocycles.